The number of ether oxygens (including phenoxy) is 1. The number of hydrogen-bond donors (Lipinski definition) is 1. The molecule has 1 aromatic heterocycles. The zero-order valence-corrected chi connectivity index (χ0v) is 14.9. The molecule has 0 unspecified atom stereocenters. The molecule has 1 aliphatic rings. The number of para-hydroxylation sites is 1. The van der Waals surface area contributed by atoms with Crippen LogP contribution < -0.4 is 5.32 Å². The zero-order valence-electron chi connectivity index (χ0n) is 14.9. The molecule has 0 radical (unpaired) electrons. The van der Waals surface area contributed by atoms with Crippen LogP contribution in [0.15, 0.2) is 36.5 Å². The Kier molecular flexibility index (Phi) is 6.23. The third-order valence-electron chi connectivity index (χ3n) is 4.77. The largest absolute Gasteiger partial charge is 0.378 e. The molecule has 134 valence electrons. The number of nitrogens with one attached hydrogen (secondary N) is 1. The highest BCUT2D eigenvalue weighted by molar-refractivity contribution is 5.95. The highest BCUT2D eigenvalue weighted by Crippen LogP contribution is 2.20. The third-order valence-corrected chi connectivity index (χ3v) is 4.77. The molecule has 0 atom stereocenters. The average Bonchev–Trinajstić information content (AvgIpc) is 3.04. The molecule has 3 rings (SSSR count). The molecule has 5 heteroatoms. The van der Waals surface area contributed by atoms with Crippen molar-refractivity contribution >= 4 is 5.91 Å². The lowest BCUT2D eigenvalue weighted by atomic mass is 9.98. The van der Waals surface area contributed by atoms with Gasteiger partial charge in [-0.15, -0.1) is 0 Å². The van der Waals surface area contributed by atoms with Gasteiger partial charge in [-0.1, -0.05) is 37.5 Å². The Morgan fingerprint density at radius 2 is 2.00 bits per heavy atom. The smallest absolute Gasteiger partial charge is 0.254 e. The Morgan fingerprint density at radius 3 is 2.76 bits per heavy atom. The molecule has 1 aliphatic carbocycles. The summed E-state index contributed by atoms with van der Waals surface area (Å²) in [5, 5.41) is 7.31. The number of nitrogens with zero attached hydrogens (tertiary/aromatic N) is 2. The van der Waals surface area contributed by atoms with E-state index in [9.17, 15) is 4.79 Å². The number of benzene rings is 1. The van der Waals surface area contributed by atoms with Crippen molar-refractivity contribution in [3.63, 3.8) is 0 Å². The number of carbonyl (C=O) groups excluding carboxylic acids is 1. The van der Waals surface area contributed by atoms with Crippen LogP contribution in [0.4, 0.5) is 0 Å². The molecule has 1 amide bonds. The minimum Gasteiger partial charge on any atom is -0.378 e. The van der Waals surface area contributed by atoms with Crippen LogP contribution in [0.3, 0.4) is 0 Å². The zero-order chi connectivity index (χ0) is 17.5. The van der Waals surface area contributed by atoms with Gasteiger partial charge in [-0.2, -0.15) is 5.10 Å². The van der Waals surface area contributed by atoms with Gasteiger partial charge < -0.3 is 10.1 Å². The molecular weight excluding hydrogens is 314 g/mol. The summed E-state index contributed by atoms with van der Waals surface area (Å²) < 4.78 is 7.68. The van der Waals surface area contributed by atoms with Crippen LogP contribution in [0.2, 0.25) is 0 Å². The van der Waals surface area contributed by atoms with Crippen molar-refractivity contribution in [2.24, 2.45) is 0 Å². The number of carbonyl (C=O) groups is 1. The number of amides is 1. The monoisotopic (exact) mass is 341 g/mol. The van der Waals surface area contributed by atoms with Gasteiger partial charge in [0.1, 0.15) is 0 Å². The first-order valence-electron chi connectivity index (χ1n) is 9.25. The first kappa shape index (κ1) is 17.7. The van der Waals surface area contributed by atoms with Gasteiger partial charge in [-0.05, 0) is 38.3 Å². The molecule has 1 aromatic carbocycles. The fraction of sp³-hybridized carbons (Fsp3) is 0.500. The summed E-state index contributed by atoms with van der Waals surface area (Å²) in [5.74, 6) is -0.0719. The van der Waals surface area contributed by atoms with E-state index >= 15 is 0 Å². The second-order valence-electron chi connectivity index (χ2n) is 6.63. The standard InChI is InChI=1S/C20H27N3O2/c1-16-19(15-22-23(16)17-9-4-2-5-10-17)20(24)21-13-8-14-25-18-11-6-3-7-12-18/h2,4-5,9-10,15,18H,3,6-8,11-14H2,1H3,(H,21,24). The normalized spacial score (nSPS) is 15.2. The predicted molar refractivity (Wildman–Crippen MR) is 98.1 cm³/mol. The second-order valence-corrected chi connectivity index (χ2v) is 6.63. The van der Waals surface area contributed by atoms with E-state index in [1.54, 1.807) is 10.9 Å². The quantitative estimate of drug-likeness (QED) is 0.782. The summed E-state index contributed by atoms with van der Waals surface area (Å²) in [6.45, 7) is 3.26. The van der Waals surface area contributed by atoms with Crippen molar-refractivity contribution < 1.29 is 9.53 Å². The maximum atomic E-state index is 12.4. The second kappa shape index (κ2) is 8.81. The number of aromatic nitrogens is 2. The summed E-state index contributed by atoms with van der Waals surface area (Å²) >= 11 is 0. The van der Waals surface area contributed by atoms with Crippen LogP contribution in [-0.4, -0.2) is 34.9 Å². The summed E-state index contributed by atoms with van der Waals surface area (Å²) in [7, 11) is 0. The van der Waals surface area contributed by atoms with Crippen LogP contribution >= 0.6 is 0 Å². The SMILES string of the molecule is Cc1c(C(=O)NCCCOC2CCCCC2)cnn1-c1ccccc1. The van der Waals surface area contributed by atoms with Crippen LogP contribution in [-0.2, 0) is 4.74 Å². The van der Waals surface area contributed by atoms with E-state index in [0.29, 0.717) is 24.8 Å². The van der Waals surface area contributed by atoms with Gasteiger partial charge in [0.2, 0.25) is 0 Å². The van der Waals surface area contributed by atoms with Crippen LogP contribution in [0.1, 0.15) is 54.6 Å². The van der Waals surface area contributed by atoms with E-state index in [1.165, 1.54) is 32.1 Å². The van der Waals surface area contributed by atoms with Gasteiger partial charge in [-0.25, -0.2) is 4.68 Å². The van der Waals surface area contributed by atoms with Gasteiger partial charge in [0.05, 0.1) is 29.2 Å². The van der Waals surface area contributed by atoms with E-state index in [2.05, 4.69) is 10.4 Å². The maximum absolute atomic E-state index is 12.4. The lowest BCUT2D eigenvalue weighted by Gasteiger charge is -2.21. The van der Waals surface area contributed by atoms with E-state index < -0.39 is 0 Å². The number of hydrogen-bond acceptors (Lipinski definition) is 3. The van der Waals surface area contributed by atoms with E-state index in [1.807, 2.05) is 37.3 Å². The summed E-state index contributed by atoms with van der Waals surface area (Å²) in [4.78, 5) is 12.4. The Labute approximate surface area is 149 Å². The first-order chi connectivity index (χ1) is 12.3. The Balaban J connectivity index is 1.45. The molecule has 1 fully saturated rings. The average molecular weight is 341 g/mol. The molecule has 1 heterocycles. The highest BCUT2D eigenvalue weighted by atomic mass is 16.5. The Morgan fingerprint density at radius 1 is 1.24 bits per heavy atom. The van der Waals surface area contributed by atoms with E-state index in [4.69, 9.17) is 4.74 Å². The lowest BCUT2D eigenvalue weighted by Crippen LogP contribution is -2.26. The van der Waals surface area contributed by atoms with Crippen molar-refractivity contribution in [2.45, 2.75) is 51.6 Å². The summed E-state index contributed by atoms with van der Waals surface area (Å²) in [6.07, 6.45) is 9.18. The van der Waals surface area contributed by atoms with Gasteiger partial charge >= 0.3 is 0 Å². The van der Waals surface area contributed by atoms with Gasteiger partial charge in [-0.3, -0.25) is 4.79 Å². The minimum absolute atomic E-state index is 0.0719. The van der Waals surface area contributed by atoms with Crippen molar-refractivity contribution in [3.8, 4) is 5.69 Å². The fourth-order valence-electron chi connectivity index (χ4n) is 3.31. The first-order valence-corrected chi connectivity index (χ1v) is 9.25. The van der Waals surface area contributed by atoms with Crippen molar-refractivity contribution in [1.82, 2.24) is 15.1 Å². The molecule has 25 heavy (non-hydrogen) atoms. The molecule has 2 aromatic rings. The third kappa shape index (κ3) is 4.69. The van der Waals surface area contributed by atoms with Crippen molar-refractivity contribution in [3.05, 3.63) is 47.8 Å². The fourth-order valence-corrected chi connectivity index (χ4v) is 3.31. The predicted octanol–water partition coefficient (Wildman–Crippen LogP) is 3.65. The molecule has 0 saturated heterocycles. The minimum atomic E-state index is -0.0719. The Bertz CT molecular complexity index is 676. The van der Waals surface area contributed by atoms with Crippen molar-refractivity contribution in [2.75, 3.05) is 13.2 Å². The van der Waals surface area contributed by atoms with Crippen LogP contribution in [0, 0.1) is 6.92 Å². The summed E-state index contributed by atoms with van der Waals surface area (Å²) in [5.41, 5.74) is 2.43. The summed E-state index contributed by atoms with van der Waals surface area (Å²) in [6, 6.07) is 9.84. The molecular formula is C20H27N3O2. The molecule has 1 saturated carbocycles. The lowest BCUT2D eigenvalue weighted by molar-refractivity contribution is 0.0273. The molecule has 5 nitrogen and oxygen atoms in total. The van der Waals surface area contributed by atoms with Gasteiger partial charge in [0.15, 0.2) is 0 Å². The van der Waals surface area contributed by atoms with Crippen LogP contribution in [0.5, 0.6) is 0 Å². The van der Waals surface area contributed by atoms with E-state index in [-0.39, 0.29) is 5.91 Å². The maximum Gasteiger partial charge on any atom is 0.254 e. The van der Waals surface area contributed by atoms with E-state index in [0.717, 1.165) is 17.8 Å². The van der Waals surface area contributed by atoms with Crippen molar-refractivity contribution in [1.29, 1.82) is 0 Å². The Hall–Kier alpha value is -2.14. The highest BCUT2D eigenvalue weighted by Gasteiger charge is 2.15. The van der Waals surface area contributed by atoms with Crippen LogP contribution in [0.25, 0.3) is 5.69 Å². The molecule has 0 aliphatic heterocycles. The number of rotatable bonds is 7. The topological polar surface area (TPSA) is 56.1 Å². The molecule has 0 spiro atoms. The molecule has 1 N–H and O–H groups in total. The van der Waals surface area contributed by atoms with Gasteiger partial charge in [0.25, 0.3) is 5.91 Å². The van der Waals surface area contributed by atoms with Gasteiger partial charge in [0, 0.05) is 13.2 Å². The molecule has 0 bridgehead atoms.